The van der Waals surface area contributed by atoms with E-state index in [4.69, 9.17) is 15.0 Å². The smallest absolute Gasteiger partial charge is 0.150 e. The predicted molar refractivity (Wildman–Crippen MR) is 61.1 cm³/mol. The average molecular weight is 218 g/mol. The molecular weight excluding hydrogens is 204 g/mol. The lowest BCUT2D eigenvalue weighted by atomic mass is 10.1. The third kappa shape index (κ3) is 1.92. The van der Waals surface area contributed by atoms with E-state index in [1.807, 2.05) is 31.2 Å². The van der Waals surface area contributed by atoms with Gasteiger partial charge in [0.25, 0.3) is 0 Å². The maximum atomic E-state index is 5.47. The van der Waals surface area contributed by atoms with Gasteiger partial charge in [-0.25, -0.2) is 0 Å². The van der Waals surface area contributed by atoms with Crippen molar-refractivity contribution >= 4 is 0 Å². The largest absolute Gasteiger partial charge is 0.497 e. The van der Waals surface area contributed by atoms with Gasteiger partial charge in [0.05, 0.1) is 13.7 Å². The van der Waals surface area contributed by atoms with Gasteiger partial charge >= 0.3 is 0 Å². The van der Waals surface area contributed by atoms with Crippen molar-refractivity contribution in [1.29, 1.82) is 0 Å². The number of hydrogen-bond acceptors (Lipinski definition) is 4. The lowest BCUT2D eigenvalue weighted by Gasteiger charge is -2.04. The second-order valence-electron chi connectivity index (χ2n) is 3.56. The van der Waals surface area contributed by atoms with Crippen molar-refractivity contribution in [2.75, 3.05) is 7.11 Å². The first-order valence-corrected chi connectivity index (χ1v) is 5.05. The van der Waals surface area contributed by atoms with Gasteiger partial charge in [0, 0.05) is 11.6 Å². The van der Waals surface area contributed by atoms with Gasteiger partial charge in [-0.3, -0.25) is 0 Å². The summed E-state index contributed by atoms with van der Waals surface area (Å²) < 4.78 is 10.2. The Bertz CT molecular complexity index is 492. The van der Waals surface area contributed by atoms with Crippen LogP contribution < -0.4 is 10.5 Å². The maximum absolute atomic E-state index is 5.47. The Kier molecular flexibility index (Phi) is 2.92. The van der Waals surface area contributed by atoms with Crippen LogP contribution in [0.25, 0.3) is 11.3 Å². The zero-order valence-electron chi connectivity index (χ0n) is 9.36. The molecule has 2 aromatic rings. The molecule has 0 fully saturated rings. The Morgan fingerprint density at radius 2 is 2.19 bits per heavy atom. The number of hydrogen-bond donors (Lipinski definition) is 1. The van der Waals surface area contributed by atoms with Crippen molar-refractivity contribution in [3.8, 4) is 17.0 Å². The first-order valence-electron chi connectivity index (χ1n) is 5.05. The Balaban J connectivity index is 2.40. The molecule has 16 heavy (non-hydrogen) atoms. The minimum absolute atomic E-state index is 0.363. The fourth-order valence-corrected chi connectivity index (χ4v) is 1.59. The highest BCUT2D eigenvalue weighted by Gasteiger charge is 2.08. The van der Waals surface area contributed by atoms with E-state index in [1.165, 1.54) is 0 Å². The zero-order valence-corrected chi connectivity index (χ0v) is 9.36. The molecule has 1 aromatic heterocycles. The van der Waals surface area contributed by atoms with Crippen LogP contribution >= 0.6 is 0 Å². The highest BCUT2D eigenvalue weighted by molar-refractivity contribution is 5.64. The molecule has 0 atom stereocenters. The Morgan fingerprint density at radius 3 is 2.75 bits per heavy atom. The number of aryl methyl sites for hydroxylation is 1. The summed E-state index contributed by atoms with van der Waals surface area (Å²) >= 11 is 0. The number of aromatic nitrogens is 1. The zero-order chi connectivity index (χ0) is 11.5. The van der Waals surface area contributed by atoms with Crippen LogP contribution in [0.5, 0.6) is 5.75 Å². The number of nitrogens with zero attached hydrogens (tertiary/aromatic N) is 1. The van der Waals surface area contributed by atoms with Crippen LogP contribution in [0.15, 0.2) is 28.8 Å². The molecule has 0 spiro atoms. The summed E-state index contributed by atoms with van der Waals surface area (Å²) in [5.41, 5.74) is 8.40. The molecule has 1 heterocycles. The molecule has 0 aliphatic carbocycles. The van der Waals surface area contributed by atoms with Gasteiger partial charge in [-0.1, -0.05) is 5.16 Å². The van der Waals surface area contributed by atoms with Crippen LogP contribution in [0.3, 0.4) is 0 Å². The van der Waals surface area contributed by atoms with E-state index in [-0.39, 0.29) is 0 Å². The van der Waals surface area contributed by atoms with E-state index in [9.17, 15) is 0 Å². The molecule has 0 radical (unpaired) electrons. The molecule has 84 valence electrons. The lowest BCUT2D eigenvalue weighted by molar-refractivity contribution is 0.387. The molecule has 2 N–H and O–H groups in total. The van der Waals surface area contributed by atoms with Gasteiger partial charge in [0.2, 0.25) is 0 Å². The van der Waals surface area contributed by atoms with Crippen molar-refractivity contribution in [3.05, 3.63) is 35.6 Å². The first kappa shape index (κ1) is 10.7. The second-order valence-corrected chi connectivity index (χ2v) is 3.56. The average Bonchev–Trinajstić information content (AvgIpc) is 2.77. The lowest BCUT2D eigenvalue weighted by Crippen LogP contribution is -1.92. The number of benzene rings is 1. The molecular formula is C12H14N2O2. The molecule has 0 aliphatic heterocycles. The van der Waals surface area contributed by atoms with Crippen LogP contribution in [0.1, 0.15) is 11.3 Å². The molecule has 0 saturated carbocycles. The minimum Gasteiger partial charge on any atom is -0.497 e. The summed E-state index contributed by atoms with van der Waals surface area (Å²) in [6, 6.07) is 7.69. The summed E-state index contributed by atoms with van der Waals surface area (Å²) in [7, 11) is 1.65. The SMILES string of the molecule is COc1ccc(-c2cc(CN)on2)c(C)c1. The topological polar surface area (TPSA) is 61.3 Å². The van der Waals surface area contributed by atoms with E-state index in [2.05, 4.69) is 5.16 Å². The van der Waals surface area contributed by atoms with E-state index in [1.54, 1.807) is 7.11 Å². The van der Waals surface area contributed by atoms with Crippen LogP contribution in [0, 0.1) is 6.92 Å². The normalized spacial score (nSPS) is 10.4. The summed E-state index contributed by atoms with van der Waals surface area (Å²) in [5, 5.41) is 3.98. The third-order valence-corrected chi connectivity index (χ3v) is 2.47. The molecule has 4 nitrogen and oxygen atoms in total. The van der Waals surface area contributed by atoms with Crippen LogP contribution in [-0.2, 0) is 6.54 Å². The number of ether oxygens (including phenoxy) is 1. The quantitative estimate of drug-likeness (QED) is 0.857. The fourth-order valence-electron chi connectivity index (χ4n) is 1.59. The summed E-state index contributed by atoms with van der Waals surface area (Å²) in [5.74, 6) is 1.52. The number of methoxy groups -OCH3 is 1. The summed E-state index contributed by atoms with van der Waals surface area (Å²) in [6.45, 7) is 2.37. The second kappa shape index (κ2) is 4.37. The highest BCUT2D eigenvalue weighted by atomic mass is 16.5. The van der Waals surface area contributed by atoms with Crippen LogP contribution in [0.4, 0.5) is 0 Å². The fraction of sp³-hybridized carbons (Fsp3) is 0.250. The van der Waals surface area contributed by atoms with Crippen molar-refractivity contribution in [1.82, 2.24) is 5.16 Å². The Morgan fingerprint density at radius 1 is 1.38 bits per heavy atom. The Labute approximate surface area is 94.0 Å². The van der Waals surface area contributed by atoms with Gasteiger partial charge in [0.15, 0.2) is 5.76 Å². The van der Waals surface area contributed by atoms with Gasteiger partial charge in [-0.2, -0.15) is 0 Å². The third-order valence-electron chi connectivity index (χ3n) is 2.47. The Hall–Kier alpha value is -1.81. The molecule has 4 heteroatoms. The van der Waals surface area contributed by atoms with Crippen LogP contribution in [0.2, 0.25) is 0 Å². The van der Waals surface area contributed by atoms with Gasteiger partial charge < -0.3 is 15.0 Å². The standard InChI is InChI=1S/C12H14N2O2/c1-8-5-9(15-2)3-4-11(8)12-6-10(7-13)16-14-12/h3-6H,7,13H2,1-2H3. The van der Waals surface area contributed by atoms with E-state index < -0.39 is 0 Å². The van der Waals surface area contributed by atoms with Crippen LogP contribution in [-0.4, -0.2) is 12.3 Å². The minimum atomic E-state index is 0.363. The maximum Gasteiger partial charge on any atom is 0.150 e. The van der Waals surface area contributed by atoms with Gasteiger partial charge in [0.1, 0.15) is 11.4 Å². The predicted octanol–water partition coefficient (Wildman–Crippen LogP) is 2.12. The molecule has 0 saturated heterocycles. The molecule has 0 aliphatic rings. The van der Waals surface area contributed by atoms with Crippen molar-refractivity contribution in [3.63, 3.8) is 0 Å². The monoisotopic (exact) mass is 218 g/mol. The summed E-state index contributed by atoms with van der Waals surface area (Å²) in [4.78, 5) is 0. The van der Waals surface area contributed by atoms with Gasteiger partial charge in [-0.15, -0.1) is 0 Å². The number of nitrogens with two attached hydrogens (primary N) is 1. The number of rotatable bonds is 3. The first-order chi connectivity index (χ1) is 7.74. The highest BCUT2D eigenvalue weighted by Crippen LogP contribution is 2.26. The molecule has 2 rings (SSSR count). The van der Waals surface area contributed by atoms with Gasteiger partial charge in [-0.05, 0) is 30.7 Å². The van der Waals surface area contributed by atoms with Crippen molar-refractivity contribution < 1.29 is 9.26 Å². The molecule has 1 aromatic carbocycles. The van der Waals surface area contributed by atoms with E-state index in [0.29, 0.717) is 12.3 Å². The van der Waals surface area contributed by atoms with Crippen molar-refractivity contribution in [2.24, 2.45) is 5.73 Å². The molecule has 0 bridgehead atoms. The van der Waals surface area contributed by atoms with E-state index >= 15 is 0 Å². The molecule has 0 unspecified atom stereocenters. The van der Waals surface area contributed by atoms with E-state index in [0.717, 1.165) is 22.6 Å². The molecule has 0 amide bonds. The summed E-state index contributed by atoms with van der Waals surface area (Å²) in [6.07, 6.45) is 0. The van der Waals surface area contributed by atoms with Crippen molar-refractivity contribution in [2.45, 2.75) is 13.5 Å².